The molecule has 0 rings (SSSR count). The minimum Gasteiger partial charge on any atom is -0.462 e. The Morgan fingerprint density at radius 2 is 0.482 bits per heavy atom. The van der Waals surface area contributed by atoms with Crippen molar-refractivity contribution < 1.29 is 28.6 Å². The van der Waals surface area contributed by atoms with Gasteiger partial charge in [0.1, 0.15) is 13.2 Å². The Balaban J connectivity index is 4.53. The van der Waals surface area contributed by atoms with E-state index in [1.165, 1.54) is 51.4 Å². The fraction of sp³-hybridized carbons (Fsp3) is 0.571. The standard InChI is InChI=1S/C77H120O6/c1-4-7-10-13-16-19-22-25-28-30-32-34-35-36-37-38-39-40-41-43-44-46-49-52-55-58-61-64-67-70-76(79)82-73-74(72-81-75(78)69-66-63-60-57-54-51-48-27-24-21-18-15-12-9-6-3)83-77(80)71-68-65-62-59-56-53-50-47-45-42-33-31-29-26-23-20-17-14-11-8-5-2/h7,9-10,12,16,18-19,21,23,25-28,31-34,36-37,39-40,43-45,47-49,52,58,61,74H,4-6,8,11,13-15,17,20,22,24,29-30,35,38,41-42,46,50-51,53-57,59-60,62-73H2,1-3H3/b10-7-,12-9-,19-16-,21-18-,26-23-,28-25-,33-31-,34-32-,37-36-,40-39-,44-43-,47-45-,48-27-,52-49-,61-58-. The van der Waals surface area contributed by atoms with Gasteiger partial charge in [-0.05, 0) is 154 Å². The Morgan fingerprint density at radius 1 is 0.253 bits per heavy atom. The molecule has 0 aliphatic rings. The van der Waals surface area contributed by atoms with Crippen LogP contribution in [0.3, 0.4) is 0 Å². The first-order valence-corrected chi connectivity index (χ1v) is 33.3. The van der Waals surface area contributed by atoms with E-state index in [2.05, 4.69) is 203 Å². The highest BCUT2D eigenvalue weighted by molar-refractivity contribution is 5.71. The molecule has 0 aliphatic heterocycles. The molecule has 0 saturated heterocycles. The van der Waals surface area contributed by atoms with Gasteiger partial charge in [0.25, 0.3) is 0 Å². The van der Waals surface area contributed by atoms with Crippen LogP contribution in [-0.2, 0) is 28.6 Å². The number of allylic oxidation sites excluding steroid dienone is 30. The first-order valence-electron chi connectivity index (χ1n) is 33.3. The van der Waals surface area contributed by atoms with Crippen molar-refractivity contribution in [1.29, 1.82) is 0 Å². The monoisotopic (exact) mass is 1140 g/mol. The number of hydrogen-bond donors (Lipinski definition) is 0. The van der Waals surface area contributed by atoms with Gasteiger partial charge < -0.3 is 14.2 Å². The molecule has 0 saturated carbocycles. The van der Waals surface area contributed by atoms with Crippen molar-refractivity contribution in [3.8, 4) is 0 Å². The van der Waals surface area contributed by atoms with Crippen LogP contribution in [0.5, 0.6) is 0 Å². The van der Waals surface area contributed by atoms with E-state index >= 15 is 0 Å². The van der Waals surface area contributed by atoms with Crippen LogP contribution < -0.4 is 0 Å². The van der Waals surface area contributed by atoms with Crippen molar-refractivity contribution >= 4 is 17.9 Å². The van der Waals surface area contributed by atoms with Crippen LogP contribution in [-0.4, -0.2) is 37.2 Å². The summed E-state index contributed by atoms with van der Waals surface area (Å²) < 4.78 is 16.9. The van der Waals surface area contributed by atoms with Crippen LogP contribution >= 0.6 is 0 Å². The van der Waals surface area contributed by atoms with Gasteiger partial charge in [-0.2, -0.15) is 0 Å². The van der Waals surface area contributed by atoms with Gasteiger partial charge in [0.2, 0.25) is 0 Å². The Morgan fingerprint density at radius 3 is 0.783 bits per heavy atom. The normalized spacial score (nSPS) is 13.3. The van der Waals surface area contributed by atoms with Gasteiger partial charge in [-0.25, -0.2) is 0 Å². The van der Waals surface area contributed by atoms with Gasteiger partial charge in [-0.15, -0.1) is 0 Å². The predicted molar refractivity (Wildman–Crippen MR) is 361 cm³/mol. The average molecular weight is 1140 g/mol. The molecule has 464 valence electrons. The summed E-state index contributed by atoms with van der Waals surface area (Å²) in [5.41, 5.74) is 0. The van der Waals surface area contributed by atoms with E-state index in [1.807, 2.05) is 0 Å². The van der Waals surface area contributed by atoms with Crippen molar-refractivity contribution in [3.63, 3.8) is 0 Å². The first kappa shape index (κ1) is 77.5. The molecule has 0 amide bonds. The maximum atomic E-state index is 12.9. The fourth-order valence-electron chi connectivity index (χ4n) is 8.46. The fourth-order valence-corrected chi connectivity index (χ4v) is 8.46. The zero-order valence-electron chi connectivity index (χ0n) is 53.1. The third-order valence-electron chi connectivity index (χ3n) is 13.4. The van der Waals surface area contributed by atoms with E-state index in [-0.39, 0.29) is 44.0 Å². The summed E-state index contributed by atoms with van der Waals surface area (Å²) in [5, 5.41) is 0. The van der Waals surface area contributed by atoms with Crippen molar-refractivity contribution in [3.05, 3.63) is 182 Å². The number of esters is 3. The average Bonchev–Trinajstić information content (AvgIpc) is 3.49. The summed E-state index contributed by atoms with van der Waals surface area (Å²) in [5.74, 6) is -1.01. The summed E-state index contributed by atoms with van der Waals surface area (Å²) in [7, 11) is 0. The highest BCUT2D eigenvalue weighted by atomic mass is 16.6. The number of carbonyl (C=O) groups excluding carboxylic acids is 3. The molecule has 0 N–H and O–H groups in total. The van der Waals surface area contributed by atoms with Gasteiger partial charge in [-0.3, -0.25) is 14.4 Å². The second kappa shape index (κ2) is 69.0. The summed E-state index contributed by atoms with van der Waals surface area (Å²) in [6, 6.07) is 0. The number of hydrogen-bond acceptors (Lipinski definition) is 6. The summed E-state index contributed by atoms with van der Waals surface area (Å²) in [6.07, 6.45) is 103. The zero-order chi connectivity index (χ0) is 59.9. The lowest BCUT2D eigenvalue weighted by Gasteiger charge is -2.18. The van der Waals surface area contributed by atoms with E-state index in [9.17, 15) is 14.4 Å². The molecular weight excluding hydrogens is 1020 g/mol. The van der Waals surface area contributed by atoms with Gasteiger partial charge >= 0.3 is 17.9 Å². The molecule has 0 aromatic rings. The SMILES string of the molecule is CC/C=C\C/C=C\C/C=C\C/C=C\C/C=C\C/C=C\C/C=C\C/C=C\C/C=C\CCCC(=O)OCC(COC(=O)CCCCCCC/C=C\C/C=C\C/C=C\CC)OC(=O)CCCCCCCC/C=C\C/C=C\C/C=C\CCCCCCC. The molecule has 0 aromatic carbocycles. The van der Waals surface area contributed by atoms with E-state index < -0.39 is 6.10 Å². The van der Waals surface area contributed by atoms with Crippen LogP contribution in [0.4, 0.5) is 0 Å². The lowest BCUT2D eigenvalue weighted by atomic mass is 10.1. The molecule has 0 heterocycles. The second-order valence-electron chi connectivity index (χ2n) is 21.3. The molecule has 83 heavy (non-hydrogen) atoms. The Labute approximate surface area is 510 Å². The zero-order valence-corrected chi connectivity index (χ0v) is 53.1. The quantitative estimate of drug-likeness (QED) is 0.0261. The molecule has 0 aromatic heterocycles. The molecule has 1 atom stereocenters. The maximum absolute atomic E-state index is 12.9. The van der Waals surface area contributed by atoms with Crippen LogP contribution in [0.25, 0.3) is 0 Å². The van der Waals surface area contributed by atoms with Crippen molar-refractivity contribution in [2.24, 2.45) is 0 Å². The highest BCUT2D eigenvalue weighted by Gasteiger charge is 2.19. The molecule has 0 bridgehead atoms. The van der Waals surface area contributed by atoms with Crippen LogP contribution in [0.15, 0.2) is 182 Å². The molecule has 0 radical (unpaired) electrons. The minimum absolute atomic E-state index is 0.119. The third kappa shape index (κ3) is 67.2. The Bertz CT molecular complexity index is 1940. The van der Waals surface area contributed by atoms with E-state index in [4.69, 9.17) is 14.2 Å². The largest absolute Gasteiger partial charge is 0.462 e. The third-order valence-corrected chi connectivity index (χ3v) is 13.4. The number of unbranched alkanes of at least 4 members (excludes halogenated alkanes) is 17. The molecule has 0 aliphatic carbocycles. The topological polar surface area (TPSA) is 78.9 Å². The molecule has 0 fully saturated rings. The maximum Gasteiger partial charge on any atom is 0.306 e. The highest BCUT2D eigenvalue weighted by Crippen LogP contribution is 2.13. The lowest BCUT2D eigenvalue weighted by Crippen LogP contribution is -2.30. The van der Waals surface area contributed by atoms with E-state index in [0.29, 0.717) is 12.8 Å². The molecule has 1 unspecified atom stereocenters. The predicted octanol–water partition coefficient (Wildman–Crippen LogP) is 23.2. The van der Waals surface area contributed by atoms with E-state index in [1.54, 1.807) is 0 Å². The second-order valence-corrected chi connectivity index (χ2v) is 21.3. The van der Waals surface area contributed by atoms with Crippen LogP contribution in [0, 0.1) is 0 Å². The number of ether oxygens (including phenoxy) is 3. The van der Waals surface area contributed by atoms with Crippen molar-refractivity contribution in [1.82, 2.24) is 0 Å². The molecule has 0 spiro atoms. The van der Waals surface area contributed by atoms with Crippen LogP contribution in [0.1, 0.15) is 265 Å². The van der Waals surface area contributed by atoms with Gasteiger partial charge in [0, 0.05) is 19.3 Å². The van der Waals surface area contributed by atoms with Gasteiger partial charge in [0.05, 0.1) is 0 Å². The molecular formula is C77H120O6. The number of carbonyl (C=O) groups is 3. The van der Waals surface area contributed by atoms with Gasteiger partial charge in [0.15, 0.2) is 6.10 Å². The Kier molecular flexibility index (Phi) is 64.4. The molecule has 6 nitrogen and oxygen atoms in total. The Hall–Kier alpha value is -5.49. The lowest BCUT2D eigenvalue weighted by molar-refractivity contribution is -0.167. The van der Waals surface area contributed by atoms with Gasteiger partial charge in [-0.1, -0.05) is 274 Å². The van der Waals surface area contributed by atoms with E-state index in [0.717, 1.165) is 167 Å². The minimum atomic E-state index is -0.828. The van der Waals surface area contributed by atoms with Crippen LogP contribution in [0.2, 0.25) is 0 Å². The molecule has 6 heteroatoms. The van der Waals surface area contributed by atoms with Crippen molar-refractivity contribution in [2.45, 2.75) is 271 Å². The summed E-state index contributed by atoms with van der Waals surface area (Å²) >= 11 is 0. The summed E-state index contributed by atoms with van der Waals surface area (Å²) in [4.78, 5) is 38.4. The number of rotatable bonds is 58. The first-order chi connectivity index (χ1) is 41.0. The van der Waals surface area contributed by atoms with Crippen molar-refractivity contribution in [2.75, 3.05) is 13.2 Å². The summed E-state index contributed by atoms with van der Waals surface area (Å²) in [6.45, 7) is 6.32. The smallest absolute Gasteiger partial charge is 0.306 e.